The zero-order valence-corrected chi connectivity index (χ0v) is 39.8. The van der Waals surface area contributed by atoms with E-state index in [0.717, 1.165) is 28.0 Å². The van der Waals surface area contributed by atoms with Gasteiger partial charge in [-0.05, 0) is 72.8 Å². The van der Waals surface area contributed by atoms with Crippen molar-refractivity contribution in [2.24, 2.45) is 0 Å². The van der Waals surface area contributed by atoms with Crippen LogP contribution in [0, 0.1) is 68.0 Å². The van der Waals surface area contributed by atoms with Crippen molar-refractivity contribution < 1.29 is 13.7 Å². The summed E-state index contributed by atoms with van der Waals surface area (Å²) < 4.78 is 58.6. The van der Waals surface area contributed by atoms with Gasteiger partial charge in [0.25, 0.3) is 0 Å². The van der Waals surface area contributed by atoms with Gasteiger partial charge in [0, 0.05) is 0 Å². The third-order valence-corrected chi connectivity index (χ3v) is 19.6. The number of para-hydroxylation sites is 6. The third kappa shape index (κ3) is 6.74. The molecule has 0 spiro atoms. The van der Waals surface area contributed by atoms with E-state index in [1.54, 1.807) is 182 Å². The summed E-state index contributed by atoms with van der Waals surface area (Å²) in [6.45, 7) is 0. The molecule has 3 aliphatic heterocycles. The lowest BCUT2D eigenvalue weighted by Crippen LogP contribution is -2.46. The Morgan fingerprint density at radius 1 is 0.264 bits per heavy atom. The first kappa shape index (κ1) is 45.7. The van der Waals surface area contributed by atoms with E-state index in [1.807, 2.05) is 0 Å². The standard InChI is InChI=1S/C51H30N15O3P3/c52-31-43-44(32-53)62(38-21-9-2-10-22-38)70(67,61(43)37-19-7-1-8-20-37)49-58-50(71(68)63(39-23-11-3-12-24-39)45(33-54)46(34-55)64(71)40-25-13-4-14-26-40)60-51(59-49)72(69)65(41-27-15-5-16-28-41)47(35-56)48(36-57)66(72)42-29-17-6-18-30-42/h1-30H. The topological polar surface area (TPSA) is 252 Å². The van der Waals surface area contributed by atoms with Crippen molar-refractivity contribution in [3.8, 4) is 36.4 Å². The molecule has 342 valence electrons. The van der Waals surface area contributed by atoms with Crippen LogP contribution in [0.25, 0.3) is 0 Å². The summed E-state index contributed by atoms with van der Waals surface area (Å²) in [5.41, 5.74) is -3.92. The van der Waals surface area contributed by atoms with Crippen molar-refractivity contribution in [3.05, 3.63) is 216 Å². The molecule has 4 heterocycles. The second-order valence-electron chi connectivity index (χ2n) is 15.5. The van der Waals surface area contributed by atoms with Gasteiger partial charge in [0.15, 0.2) is 34.2 Å². The number of benzene rings is 6. The van der Waals surface area contributed by atoms with E-state index < -0.39 is 73.2 Å². The number of anilines is 6. The Kier molecular flexibility index (Phi) is 11.5. The number of aromatic nitrogens is 3. The van der Waals surface area contributed by atoms with Crippen LogP contribution < -0.4 is 44.7 Å². The molecule has 21 heteroatoms. The smallest absolute Gasteiger partial charge is 0.266 e. The van der Waals surface area contributed by atoms with Gasteiger partial charge in [-0.3, -0.25) is 41.7 Å². The molecule has 7 aromatic rings. The predicted octanol–water partition coefficient (Wildman–Crippen LogP) is 9.18. The van der Waals surface area contributed by atoms with Crippen LogP contribution in [-0.4, -0.2) is 15.0 Å². The Bertz CT molecular complexity index is 3230. The lowest BCUT2D eigenvalue weighted by Gasteiger charge is -2.36. The average Bonchev–Trinajstić information content (AvgIpc) is 3.99. The molecule has 0 fully saturated rings. The highest BCUT2D eigenvalue weighted by Gasteiger charge is 2.60. The third-order valence-electron chi connectivity index (χ3n) is 11.6. The number of hydrogen-bond donors (Lipinski definition) is 0. The Morgan fingerprint density at radius 2 is 0.403 bits per heavy atom. The maximum Gasteiger partial charge on any atom is 0.339 e. The minimum atomic E-state index is -5.10. The zero-order valence-electron chi connectivity index (χ0n) is 37.1. The van der Waals surface area contributed by atoms with Gasteiger partial charge in [0.2, 0.25) is 16.7 Å². The highest BCUT2D eigenvalue weighted by molar-refractivity contribution is 7.77. The molecule has 72 heavy (non-hydrogen) atoms. The highest BCUT2D eigenvalue weighted by atomic mass is 31.2. The van der Waals surface area contributed by atoms with Crippen molar-refractivity contribution in [1.29, 1.82) is 31.6 Å². The summed E-state index contributed by atoms with van der Waals surface area (Å²) in [7, 11) is -15.3. The van der Waals surface area contributed by atoms with Crippen molar-refractivity contribution in [2.75, 3.05) is 28.0 Å². The maximum atomic E-state index is 17.3. The molecular formula is C51H30N15O3P3. The Hall–Kier alpha value is -10.0. The first-order valence-electron chi connectivity index (χ1n) is 21.5. The van der Waals surface area contributed by atoms with Crippen molar-refractivity contribution in [1.82, 2.24) is 15.0 Å². The lowest BCUT2D eigenvalue weighted by molar-refractivity contribution is 0.578. The van der Waals surface area contributed by atoms with Crippen LogP contribution in [-0.2, 0) is 13.7 Å². The van der Waals surface area contributed by atoms with E-state index in [2.05, 4.69) is 36.4 Å². The quantitative estimate of drug-likeness (QED) is 0.122. The molecule has 0 N–H and O–H groups in total. The van der Waals surface area contributed by atoms with Gasteiger partial charge in [-0.15, -0.1) is 0 Å². The zero-order chi connectivity index (χ0) is 50.2. The van der Waals surface area contributed by atoms with Crippen LogP contribution in [0.2, 0.25) is 0 Å². The predicted molar refractivity (Wildman–Crippen MR) is 270 cm³/mol. The van der Waals surface area contributed by atoms with Crippen LogP contribution in [0.15, 0.2) is 216 Å². The molecule has 0 radical (unpaired) electrons. The van der Waals surface area contributed by atoms with Gasteiger partial charge >= 0.3 is 22.3 Å². The fourth-order valence-electron chi connectivity index (χ4n) is 8.68. The molecule has 0 amide bonds. The molecule has 10 rings (SSSR count). The first-order chi connectivity index (χ1) is 35.1. The molecule has 0 aliphatic carbocycles. The summed E-state index contributed by atoms with van der Waals surface area (Å²) in [6.07, 6.45) is 0. The lowest BCUT2D eigenvalue weighted by atomic mass is 10.2. The van der Waals surface area contributed by atoms with Gasteiger partial charge in [-0.25, -0.2) is 0 Å². The van der Waals surface area contributed by atoms with Gasteiger partial charge in [0.05, 0.1) is 34.1 Å². The van der Waals surface area contributed by atoms with Crippen LogP contribution in [0.4, 0.5) is 34.1 Å². The van der Waals surface area contributed by atoms with E-state index in [4.69, 9.17) is 15.0 Å². The fraction of sp³-hybridized carbons (Fsp3) is 0. The van der Waals surface area contributed by atoms with Gasteiger partial charge in [0.1, 0.15) is 36.4 Å². The summed E-state index contributed by atoms with van der Waals surface area (Å²) >= 11 is 0. The molecule has 0 unspecified atom stereocenters. The minimum absolute atomic E-state index is 0.126. The monoisotopic (exact) mass is 993 g/mol. The number of rotatable bonds is 9. The first-order valence-corrected chi connectivity index (χ1v) is 26.3. The van der Waals surface area contributed by atoms with E-state index in [9.17, 15) is 31.6 Å². The molecule has 6 aromatic carbocycles. The molecule has 0 saturated heterocycles. The van der Waals surface area contributed by atoms with Crippen molar-refractivity contribution >= 4 is 73.2 Å². The van der Waals surface area contributed by atoms with Crippen LogP contribution >= 0.6 is 22.3 Å². The molecule has 0 bridgehead atoms. The van der Waals surface area contributed by atoms with E-state index in [1.165, 1.54) is 0 Å². The normalized spacial score (nSPS) is 16.4. The SMILES string of the molecule is N#CC1=C(C#N)N(c2ccccc2)P(=O)(c2nc(P3(=O)N(c4ccccc4)C(C#N)=C(C#N)N3c3ccccc3)nc(P3(=O)N(c4ccccc4)C(C#N)=C(C#N)N3c3ccccc3)n2)N1c1ccccc1. The van der Waals surface area contributed by atoms with Crippen molar-refractivity contribution in [3.63, 3.8) is 0 Å². The summed E-state index contributed by atoms with van der Waals surface area (Å²) in [6, 6.07) is 60.4. The number of nitrogens with zero attached hydrogens (tertiary/aromatic N) is 15. The van der Waals surface area contributed by atoms with Gasteiger partial charge < -0.3 is 0 Å². The molecular weight excluding hydrogens is 964 g/mol. The number of hydrogen-bond acceptors (Lipinski definition) is 12. The highest BCUT2D eigenvalue weighted by Crippen LogP contribution is 2.68. The van der Waals surface area contributed by atoms with Crippen LogP contribution in [0.5, 0.6) is 0 Å². The average molecular weight is 994 g/mol. The molecule has 0 atom stereocenters. The molecule has 18 nitrogen and oxygen atoms in total. The summed E-state index contributed by atoms with van der Waals surface area (Å²) in [5, 5.41) is 66.0. The largest absolute Gasteiger partial charge is 0.339 e. The second-order valence-corrected chi connectivity index (χ2v) is 22.4. The summed E-state index contributed by atoms with van der Waals surface area (Å²) in [5.74, 6) is 0. The minimum Gasteiger partial charge on any atom is -0.266 e. The maximum absolute atomic E-state index is 17.3. The Morgan fingerprint density at radius 3 is 0.528 bits per heavy atom. The van der Waals surface area contributed by atoms with Gasteiger partial charge in [-0.2, -0.15) is 46.5 Å². The van der Waals surface area contributed by atoms with Crippen molar-refractivity contribution in [2.45, 2.75) is 0 Å². The number of allylic oxidation sites excluding steroid dienone is 6. The van der Waals surface area contributed by atoms with E-state index in [-0.39, 0.29) is 34.1 Å². The van der Waals surface area contributed by atoms with E-state index in [0.29, 0.717) is 0 Å². The Labute approximate surface area is 412 Å². The van der Waals surface area contributed by atoms with E-state index >= 15 is 13.7 Å². The fourth-order valence-corrected chi connectivity index (χ4v) is 17.0. The van der Waals surface area contributed by atoms with Gasteiger partial charge in [-0.1, -0.05) is 109 Å². The molecule has 0 saturated carbocycles. The van der Waals surface area contributed by atoms with Crippen LogP contribution in [0.1, 0.15) is 0 Å². The molecule has 3 aliphatic rings. The Balaban J connectivity index is 1.40. The number of nitriles is 6. The second kappa shape index (κ2) is 18.1. The van der Waals surface area contributed by atoms with Crippen LogP contribution in [0.3, 0.4) is 0 Å². The summed E-state index contributed by atoms with van der Waals surface area (Å²) in [4.78, 5) is 14.7. The molecule has 1 aromatic heterocycles.